The van der Waals surface area contributed by atoms with Crippen molar-refractivity contribution in [3.05, 3.63) is 42.5 Å². The molecule has 0 spiro atoms. The zero-order chi connectivity index (χ0) is 15.1. The minimum absolute atomic E-state index is 0.0778. The van der Waals surface area contributed by atoms with Gasteiger partial charge in [-0.05, 0) is 42.2 Å². The largest absolute Gasteiger partial charge is 0.494 e. The molecular weight excluding hydrogens is 338 g/mol. The van der Waals surface area contributed by atoms with E-state index in [1.54, 1.807) is 0 Å². The molecule has 0 N–H and O–H groups in total. The highest BCUT2D eigenvalue weighted by molar-refractivity contribution is 9.09. The number of unbranched alkanes of at least 4 members (excludes halogenated alkanes) is 1. The molecule has 1 unspecified atom stereocenters. The van der Waals surface area contributed by atoms with Crippen molar-refractivity contribution in [3.63, 3.8) is 0 Å². The third-order valence-corrected chi connectivity index (χ3v) is 4.17. The summed E-state index contributed by atoms with van der Waals surface area (Å²) in [6, 6.07) is 14.2. The van der Waals surface area contributed by atoms with Crippen LogP contribution in [0, 0.1) is 0 Å². The topological polar surface area (TPSA) is 9.23 Å². The van der Waals surface area contributed by atoms with Gasteiger partial charge in [0.2, 0.25) is 6.43 Å². The number of halogens is 3. The van der Waals surface area contributed by atoms with Gasteiger partial charge in [0.15, 0.2) is 0 Å². The van der Waals surface area contributed by atoms with Crippen molar-refractivity contribution in [1.82, 2.24) is 0 Å². The molecule has 2 aromatic rings. The van der Waals surface area contributed by atoms with Crippen LogP contribution in [0.5, 0.6) is 5.75 Å². The Bertz CT molecular complexity index is 559. The maximum atomic E-state index is 12.2. The quantitative estimate of drug-likeness (QED) is 0.428. The summed E-state index contributed by atoms with van der Waals surface area (Å²) in [5.74, 6) is 0.858. The highest BCUT2D eigenvalue weighted by atomic mass is 79.9. The lowest BCUT2D eigenvalue weighted by atomic mass is 10.1. The van der Waals surface area contributed by atoms with Gasteiger partial charge in [0.05, 0.1) is 6.61 Å². The molecule has 1 nitrogen and oxygen atoms in total. The first kappa shape index (κ1) is 16.2. The molecule has 0 heterocycles. The number of benzene rings is 2. The van der Waals surface area contributed by atoms with Crippen LogP contribution < -0.4 is 4.74 Å². The van der Waals surface area contributed by atoms with Gasteiger partial charge in [-0.25, -0.2) is 8.78 Å². The van der Waals surface area contributed by atoms with E-state index in [2.05, 4.69) is 28.1 Å². The van der Waals surface area contributed by atoms with Crippen LogP contribution >= 0.6 is 15.9 Å². The number of rotatable bonds is 8. The standard InChI is InChI=1S/C17H19BrF2O/c18-15(12-17(19)20)7-3-4-10-21-16-9-8-13-5-1-2-6-14(13)11-16/h1-2,5-6,8-9,11,15,17H,3-4,7,10,12H2. The van der Waals surface area contributed by atoms with Crippen molar-refractivity contribution in [1.29, 1.82) is 0 Å². The molecule has 0 fully saturated rings. The Morgan fingerprint density at radius 1 is 1.00 bits per heavy atom. The highest BCUT2D eigenvalue weighted by Crippen LogP contribution is 2.21. The van der Waals surface area contributed by atoms with Gasteiger partial charge in [0.25, 0.3) is 0 Å². The predicted molar refractivity (Wildman–Crippen MR) is 86.6 cm³/mol. The Morgan fingerprint density at radius 3 is 2.52 bits per heavy atom. The van der Waals surface area contributed by atoms with E-state index in [0.717, 1.165) is 30.4 Å². The Morgan fingerprint density at radius 2 is 1.76 bits per heavy atom. The summed E-state index contributed by atoms with van der Waals surface area (Å²) in [4.78, 5) is -0.0989. The third-order valence-electron chi connectivity index (χ3n) is 3.34. The summed E-state index contributed by atoms with van der Waals surface area (Å²) in [6.07, 6.45) is 0.203. The number of alkyl halides is 3. The van der Waals surface area contributed by atoms with E-state index in [1.165, 1.54) is 5.39 Å². The number of hydrogen-bond acceptors (Lipinski definition) is 1. The second-order valence-electron chi connectivity index (χ2n) is 5.08. The van der Waals surface area contributed by atoms with Gasteiger partial charge in [-0.2, -0.15) is 0 Å². The molecule has 0 saturated carbocycles. The van der Waals surface area contributed by atoms with E-state index in [0.29, 0.717) is 6.61 Å². The highest BCUT2D eigenvalue weighted by Gasteiger charge is 2.11. The van der Waals surface area contributed by atoms with Gasteiger partial charge in [0, 0.05) is 11.2 Å². The molecule has 0 aliphatic carbocycles. The Balaban J connectivity index is 1.70. The maximum absolute atomic E-state index is 12.2. The van der Waals surface area contributed by atoms with Gasteiger partial charge in [-0.3, -0.25) is 0 Å². The summed E-state index contributed by atoms with van der Waals surface area (Å²) in [5.41, 5.74) is 0. The van der Waals surface area contributed by atoms with Crippen LogP contribution in [0.2, 0.25) is 0 Å². The minimum atomic E-state index is -2.23. The summed E-state index contributed by atoms with van der Waals surface area (Å²) >= 11 is 3.28. The predicted octanol–water partition coefficient (Wildman–Crippen LogP) is 5.81. The lowest BCUT2D eigenvalue weighted by Crippen LogP contribution is -2.05. The summed E-state index contributed by atoms with van der Waals surface area (Å²) in [6.45, 7) is 0.618. The average Bonchev–Trinajstić information content (AvgIpc) is 2.46. The lowest BCUT2D eigenvalue weighted by molar-refractivity contribution is 0.136. The minimum Gasteiger partial charge on any atom is -0.494 e. The first-order chi connectivity index (χ1) is 10.1. The molecular formula is C17H19BrF2O. The Hall–Kier alpha value is -1.16. The molecule has 4 heteroatoms. The van der Waals surface area contributed by atoms with Crippen LogP contribution in [0.15, 0.2) is 42.5 Å². The Kier molecular flexibility index (Phi) is 6.43. The molecule has 0 saturated heterocycles. The van der Waals surface area contributed by atoms with E-state index in [4.69, 9.17) is 4.74 Å². The number of ether oxygens (including phenoxy) is 1. The van der Waals surface area contributed by atoms with Crippen LogP contribution in [0.3, 0.4) is 0 Å². The molecule has 2 rings (SSSR count). The number of hydrogen-bond donors (Lipinski definition) is 0. The van der Waals surface area contributed by atoms with Crippen molar-refractivity contribution in [2.24, 2.45) is 0 Å². The van der Waals surface area contributed by atoms with Gasteiger partial charge in [-0.1, -0.05) is 46.3 Å². The third kappa shape index (κ3) is 5.62. The fourth-order valence-electron chi connectivity index (χ4n) is 2.23. The van der Waals surface area contributed by atoms with Gasteiger partial charge in [0.1, 0.15) is 5.75 Å². The van der Waals surface area contributed by atoms with E-state index in [9.17, 15) is 8.78 Å². The van der Waals surface area contributed by atoms with Gasteiger partial charge < -0.3 is 4.74 Å². The first-order valence-electron chi connectivity index (χ1n) is 7.19. The maximum Gasteiger partial charge on any atom is 0.239 e. The second-order valence-corrected chi connectivity index (χ2v) is 6.37. The molecule has 1 atom stereocenters. The fourth-order valence-corrected chi connectivity index (χ4v) is 2.83. The fraction of sp³-hybridized carbons (Fsp3) is 0.412. The van der Waals surface area contributed by atoms with Crippen molar-refractivity contribution < 1.29 is 13.5 Å². The summed E-state index contributed by atoms with van der Waals surface area (Å²) < 4.78 is 30.0. The van der Waals surface area contributed by atoms with E-state index in [-0.39, 0.29) is 11.2 Å². The van der Waals surface area contributed by atoms with Crippen LogP contribution in [0.4, 0.5) is 8.78 Å². The van der Waals surface area contributed by atoms with Crippen LogP contribution in [0.1, 0.15) is 25.7 Å². The molecule has 0 amide bonds. The van der Waals surface area contributed by atoms with E-state index in [1.807, 2.05) is 30.3 Å². The molecule has 0 aliphatic rings. The molecule has 0 aliphatic heterocycles. The zero-order valence-electron chi connectivity index (χ0n) is 11.8. The molecule has 0 bridgehead atoms. The van der Waals surface area contributed by atoms with Crippen molar-refractivity contribution >= 4 is 26.7 Å². The smallest absolute Gasteiger partial charge is 0.239 e. The monoisotopic (exact) mass is 356 g/mol. The van der Waals surface area contributed by atoms with Crippen LogP contribution in [-0.4, -0.2) is 17.9 Å². The molecule has 2 aromatic carbocycles. The van der Waals surface area contributed by atoms with Crippen molar-refractivity contribution in [2.45, 2.75) is 36.9 Å². The summed E-state index contributed by atoms with van der Waals surface area (Å²) in [5, 5.41) is 2.35. The molecule has 0 radical (unpaired) electrons. The van der Waals surface area contributed by atoms with Crippen molar-refractivity contribution in [3.8, 4) is 5.75 Å². The number of fused-ring (bicyclic) bond motifs is 1. The van der Waals surface area contributed by atoms with Crippen LogP contribution in [0.25, 0.3) is 10.8 Å². The Labute approximate surface area is 132 Å². The van der Waals surface area contributed by atoms with Gasteiger partial charge in [-0.15, -0.1) is 0 Å². The summed E-state index contributed by atoms with van der Waals surface area (Å²) in [7, 11) is 0. The van der Waals surface area contributed by atoms with Crippen LogP contribution in [-0.2, 0) is 0 Å². The molecule has 114 valence electrons. The SMILES string of the molecule is FC(F)CC(Br)CCCCOc1ccc2ccccc2c1. The molecule has 0 aromatic heterocycles. The first-order valence-corrected chi connectivity index (χ1v) is 8.10. The van der Waals surface area contributed by atoms with E-state index >= 15 is 0 Å². The van der Waals surface area contributed by atoms with Gasteiger partial charge >= 0.3 is 0 Å². The van der Waals surface area contributed by atoms with E-state index < -0.39 is 6.43 Å². The molecule has 21 heavy (non-hydrogen) atoms. The zero-order valence-corrected chi connectivity index (χ0v) is 13.4. The van der Waals surface area contributed by atoms with Crippen molar-refractivity contribution in [2.75, 3.05) is 6.61 Å². The average molecular weight is 357 g/mol. The second kappa shape index (κ2) is 8.32. The lowest BCUT2D eigenvalue weighted by Gasteiger charge is -2.10. The normalized spacial score (nSPS) is 12.8.